The van der Waals surface area contributed by atoms with Crippen LogP contribution in [0.15, 0.2) is 22.7 Å². The fourth-order valence-electron chi connectivity index (χ4n) is 2.65. The van der Waals surface area contributed by atoms with Gasteiger partial charge in [-0.2, -0.15) is 0 Å². The van der Waals surface area contributed by atoms with Crippen molar-refractivity contribution in [1.82, 2.24) is 4.90 Å². The third kappa shape index (κ3) is 4.05. The van der Waals surface area contributed by atoms with Gasteiger partial charge in [0.1, 0.15) is 0 Å². The maximum Gasteiger partial charge on any atom is 0.308 e. The molecule has 1 saturated heterocycles. The lowest BCUT2D eigenvalue weighted by Crippen LogP contribution is -2.36. The van der Waals surface area contributed by atoms with Gasteiger partial charge in [0, 0.05) is 11.0 Å². The van der Waals surface area contributed by atoms with E-state index in [1.807, 2.05) is 0 Å². The molecule has 1 aromatic carbocycles. The summed E-state index contributed by atoms with van der Waals surface area (Å²) in [5.74, 6) is 0.0310. The van der Waals surface area contributed by atoms with E-state index in [0.29, 0.717) is 0 Å². The minimum absolute atomic E-state index is 0.0575. The molecule has 0 radical (unpaired) electrons. The van der Waals surface area contributed by atoms with Gasteiger partial charge < -0.3 is 4.74 Å². The first-order valence-electron chi connectivity index (χ1n) is 6.64. The number of hydrogen-bond acceptors (Lipinski definition) is 3. The van der Waals surface area contributed by atoms with Gasteiger partial charge in [-0.05, 0) is 56.1 Å². The number of nitrogens with zero attached hydrogens (tertiary/aromatic N) is 1. The summed E-state index contributed by atoms with van der Waals surface area (Å²) < 4.78 is 5.94. The van der Waals surface area contributed by atoms with Gasteiger partial charge in [-0.3, -0.25) is 9.69 Å². The lowest BCUT2D eigenvalue weighted by Gasteiger charge is -2.30. The summed E-state index contributed by atoms with van der Waals surface area (Å²) in [6, 6.07) is 6.50. The Balaban J connectivity index is 1.90. The molecule has 1 fully saturated rings. The van der Waals surface area contributed by atoms with Crippen LogP contribution in [-0.4, -0.2) is 31.1 Å². The largest absolute Gasteiger partial charge is 0.469 e. The molecule has 1 heterocycles. The van der Waals surface area contributed by atoms with Crippen LogP contribution < -0.4 is 0 Å². The molecule has 4 heteroatoms. The topological polar surface area (TPSA) is 29.5 Å². The number of ether oxygens (including phenoxy) is 1. The minimum Gasteiger partial charge on any atom is -0.469 e. The third-order valence-electron chi connectivity index (χ3n) is 3.63. The number of piperidine rings is 1. The number of likely N-dealkylation sites (tertiary alicyclic amines) is 1. The normalized spacial score (nSPS) is 17.4. The lowest BCUT2D eigenvalue weighted by atomic mass is 9.96. The molecule has 104 valence electrons. The van der Waals surface area contributed by atoms with E-state index in [4.69, 9.17) is 4.74 Å². The number of esters is 1. The van der Waals surface area contributed by atoms with E-state index in [1.165, 1.54) is 18.2 Å². The second-order valence-corrected chi connectivity index (χ2v) is 6.13. The molecule has 0 unspecified atom stereocenters. The number of halogens is 1. The summed E-state index contributed by atoms with van der Waals surface area (Å²) in [4.78, 5) is 13.9. The third-order valence-corrected chi connectivity index (χ3v) is 4.09. The van der Waals surface area contributed by atoms with Crippen molar-refractivity contribution in [1.29, 1.82) is 0 Å². The van der Waals surface area contributed by atoms with E-state index in [0.717, 1.165) is 36.9 Å². The Morgan fingerprint density at radius 2 is 2.05 bits per heavy atom. The van der Waals surface area contributed by atoms with Crippen LogP contribution in [0.4, 0.5) is 0 Å². The van der Waals surface area contributed by atoms with Gasteiger partial charge in [-0.15, -0.1) is 0 Å². The van der Waals surface area contributed by atoms with Crippen LogP contribution in [0.3, 0.4) is 0 Å². The van der Waals surface area contributed by atoms with Gasteiger partial charge in [0.2, 0.25) is 0 Å². The Bertz CT molecular complexity index is 433. The molecule has 2 rings (SSSR count). The average Bonchev–Trinajstić information content (AvgIpc) is 2.37. The van der Waals surface area contributed by atoms with E-state index >= 15 is 0 Å². The zero-order valence-electron chi connectivity index (χ0n) is 11.5. The molecule has 0 saturated carbocycles. The quantitative estimate of drug-likeness (QED) is 0.799. The van der Waals surface area contributed by atoms with Crippen LogP contribution in [0.1, 0.15) is 24.0 Å². The highest BCUT2D eigenvalue weighted by atomic mass is 79.9. The smallest absolute Gasteiger partial charge is 0.308 e. The number of methoxy groups -OCH3 is 1. The number of rotatable bonds is 3. The van der Waals surface area contributed by atoms with Crippen molar-refractivity contribution in [2.75, 3.05) is 20.2 Å². The number of aryl methyl sites for hydroxylation is 1. The van der Waals surface area contributed by atoms with Gasteiger partial charge >= 0.3 is 5.97 Å². The van der Waals surface area contributed by atoms with Crippen molar-refractivity contribution in [2.45, 2.75) is 26.3 Å². The van der Waals surface area contributed by atoms with Crippen molar-refractivity contribution in [3.05, 3.63) is 33.8 Å². The molecule has 0 aliphatic carbocycles. The van der Waals surface area contributed by atoms with E-state index < -0.39 is 0 Å². The Kier molecular flexibility index (Phi) is 4.99. The van der Waals surface area contributed by atoms with Crippen molar-refractivity contribution >= 4 is 21.9 Å². The summed E-state index contributed by atoms with van der Waals surface area (Å²) >= 11 is 3.54. The molecule has 0 amide bonds. The molecule has 0 atom stereocenters. The molecule has 19 heavy (non-hydrogen) atoms. The first kappa shape index (κ1) is 14.5. The fraction of sp³-hybridized carbons (Fsp3) is 0.533. The summed E-state index contributed by atoms with van der Waals surface area (Å²) in [6.45, 7) is 4.99. The molecular weight excluding hydrogens is 306 g/mol. The summed E-state index contributed by atoms with van der Waals surface area (Å²) in [5.41, 5.74) is 2.59. The van der Waals surface area contributed by atoms with Crippen LogP contribution >= 0.6 is 15.9 Å². The number of hydrogen-bond donors (Lipinski definition) is 0. The number of carbonyl (C=O) groups excluding carboxylic acids is 1. The summed E-state index contributed by atoms with van der Waals surface area (Å²) in [5, 5.41) is 0. The summed E-state index contributed by atoms with van der Waals surface area (Å²) in [7, 11) is 1.47. The second-order valence-electron chi connectivity index (χ2n) is 5.21. The fourth-order valence-corrected chi connectivity index (χ4v) is 3.31. The van der Waals surface area contributed by atoms with E-state index in [-0.39, 0.29) is 11.9 Å². The monoisotopic (exact) mass is 325 g/mol. The predicted molar refractivity (Wildman–Crippen MR) is 78.9 cm³/mol. The number of benzene rings is 1. The molecule has 0 aromatic heterocycles. The Morgan fingerprint density at radius 3 is 2.63 bits per heavy atom. The zero-order chi connectivity index (χ0) is 13.8. The standard InChI is InChI=1S/C15H20BrNO2/c1-11-7-12(9-14(16)8-11)10-17-5-3-13(4-6-17)15(18)19-2/h7-9,13H,3-6,10H2,1-2H3. The van der Waals surface area contributed by atoms with Gasteiger partial charge in [0.25, 0.3) is 0 Å². The van der Waals surface area contributed by atoms with Gasteiger partial charge in [0.05, 0.1) is 13.0 Å². The van der Waals surface area contributed by atoms with Crippen LogP contribution in [0.2, 0.25) is 0 Å². The van der Waals surface area contributed by atoms with E-state index in [9.17, 15) is 4.79 Å². The highest BCUT2D eigenvalue weighted by Gasteiger charge is 2.25. The first-order chi connectivity index (χ1) is 9.08. The minimum atomic E-state index is -0.0575. The molecule has 0 N–H and O–H groups in total. The maximum atomic E-state index is 11.5. The Hall–Kier alpha value is -0.870. The van der Waals surface area contributed by atoms with Crippen molar-refractivity contribution < 1.29 is 9.53 Å². The maximum absolute atomic E-state index is 11.5. The van der Waals surface area contributed by atoms with Gasteiger partial charge in [0.15, 0.2) is 0 Å². The van der Waals surface area contributed by atoms with Crippen molar-refractivity contribution in [2.24, 2.45) is 5.92 Å². The van der Waals surface area contributed by atoms with Crippen LogP contribution in [0.5, 0.6) is 0 Å². The van der Waals surface area contributed by atoms with E-state index in [1.54, 1.807) is 0 Å². The van der Waals surface area contributed by atoms with Crippen LogP contribution in [-0.2, 0) is 16.1 Å². The molecular formula is C15H20BrNO2. The predicted octanol–water partition coefficient (Wildman–Crippen LogP) is 3.14. The SMILES string of the molecule is COC(=O)C1CCN(Cc2cc(C)cc(Br)c2)CC1. The zero-order valence-corrected chi connectivity index (χ0v) is 13.1. The second kappa shape index (κ2) is 6.53. The highest BCUT2D eigenvalue weighted by Crippen LogP contribution is 2.22. The van der Waals surface area contributed by atoms with Gasteiger partial charge in [-0.1, -0.05) is 22.0 Å². The molecule has 3 nitrogen and oxygen atoms in total. The molecule has 1 aliphatic heterocycles. The number of carbonyl (C=O) groups is 1. The molecule has 1 aliphatic rings. The molecule has 1 aromatic rings. The summed E-state index contributed by atoms with van der Waals surface area (Å²) in [6.07, 6.45) is 1.80. The van der Waals surface area contributed by atoms with Crippen LogP contribution in [0, 0.1) is 12.8 Å². The van der Waals surface area contributed by atoms with Gasteiger partial charge in [-0.25, -0.2) is 0 Å². The van der Waals surface area contributed by atoms with Crippen molar-refractivity contribution in [3.63, 3.8) is 0 Å². The molecule has 0 bridgehead atoms. The molecule has 0 spiro atoms. The Morgan fingerprint density at radius 1 is 1.37 bits per heavy atom. The Labute approximate surface area is 123 Å². The average molecular weight is 326 g/mol. The lowest BCUT2D eigenvalue weighted by molar-refractivity contribution is -0.147. The van der Waals surface area contributed by atoms with Crippen LogP contribution in [0.25, 0.3) is 0 Å². The van der Waals surface area contributed by atoms with E-state index in [2.05, 4.69) is 46.0 Å². The van der Waals surface area contributed by atoms with Crippen molar-refractivity contribution in [3.8, 4) is 0 Å². The highest BCUT2D eigenvalue weighted by molar-refractivity contribution is 9.10. The first-order valence-corrected chi connectivity index (χ1v) is 7.44.